The predicted octanol–water partition coefficient (Wildman–Crippen LogP) is 1.99. The van der Waals surface area contributed by atoms with Gasteiger partial charge in [0, 0.05) is 23.6 Å². The fourth-order valence-electron chi connectivity index (χ4n) is 2.57. The number of nitrogens with two attached hydrogens (primary N) is 1. The molecule has 4 nitrogen and oxygen atoms in total. The largest absolute Gasteiger partial charge is 0.378 e. The molecule has 0 saturated heterocycles. The molecule has 0 radical (unpaired) electrons. The van der Waals surface area contributed by atoms with Gasteiger partial charge < -0.3 is 15.8 Å². The van der Waals surface area contributed by atoms with Gasteiger partial charge in [0.15, 0.2) is 0 Å². The zero-order valence-electron chi connectivity index (χ0n) is 12.7. The van der Waals surface area contributed by atoms with Crippen LogP contribution in [0.2, 0.25) is 0 Å². The highest BCUT2D eigenvalue weighted by atomic mass is 32.1. The standard InChI is InChI=1S/C16H22N2O2S/c1-4-20-13-10-12(16(13,2)3)18-15(19)14-11(6-5-8-17)7-9-21-14/h7,9,12-13H,4,8,10,17H2,1-3H3,(H,18,19). The van der Waals surface area contributed by atoms with E-state index in [1.165, 1.54) is 11.3 Å². The van der Waals surface area contributed by atoms with Crippen molar-refractivity contribution in [1.82, 2.24) is 5.32 Å². The van der Waals surface area contributed by atoms with E-state index in [9.17, 15) is 4.79 Å². The molecule has 1 saturated carbocycles. The lowest BCUT2D eigenvalue weighted by molar-refractivity contribution is -0.111. The van der Waals surface area contributed by atoms with Crippen molar-refractivity contribution in [2.75, 3.05) is 13.2 Å². The van der Waals surface area contributed by atoms with E-state index in [0.717, 1.165) is 12.0 Å². The Balaban J connectivity index is 2.02. The fourth-order valence-corrected chi connectivity index (χ4v) is 3.32. The Labute approximate surface area is 130 Å². The van der Waals surface area contributed by atoms with Crippen molar-refractivity contribution in [3.05, 3.63) is 21.9 Å². The number of hydrogen-bond donors (Lipinski definition) is 2. The Kier molecular flexibility index (Phi) is 5.04. The number of nitrogens with one attached hydrogen (secondary N) is 1. The van der Waals surface area contributed by atoms with Crippen LogP contribution in [-0.2, 0) is 4.74 Å². The smallest absolute Gasteiger partial charge is 0.262 e. The van der Waals surface area contributed by atoms with Crippen LogP contribution in [0.25, 0.3) is 0 Å². The number of ether oxygens (including phenoxy) is 1. The highest BCUT2D eigenvalue weighted by Gasteiger charge is 2.49. The number of rotatable bonds is 4. The van der Waals surface area contributed by atoms with Crippen molar-refractivity contribution in [3.8, 4) is 11.8 Å². The Morgan fingerprint density at radius 3 is 3.00 bits per heavy atom. The molecule has 0 aliphatic heterocycles. The van der Waals surface area contributed by atoms with Crippen molar-refractivity contribution in [3.63, 3.8) is 0 Å². The molecule has 2 unspecified atom stereocenters. The van der Waals surface area contributed by atoms with Crippen LogP contribution in [0.4, 0.5) is 0 Å². The molecule has 1 fully saturated rings. The summed E-state index contributed by atoms with van der Waals surface area (Å²) in [6.45, 7) is 7.26. The molecule has 1 aromatic heterocycles. The average molecular weight is 306 g/mol. The second kappa shape index (κ2) is 6.61. The maximum Gasteiger partial charge on any atom is 0.262 e. The van der Waals surface area contributed by atoms with Gasteiger partial charge in [0.05, 0.1) is 12.6 Å². The van der Waals surface area contributed by atoms with Gasteiger partial charge in [-0.25, -0.2) is 0 Å². The molecular weight excluding hydrogens is 284 g/mol. The van der Waals surface area contributed by atoms with Crippen LogP contribution >= 0.6 is 11.3 Å². The van der Waals surface area contributed by atoms with Gasteiger partial charge in [-0.3, -0.25) is 4.79 Å². The molecule has 0 aromatic carbocycles. The van der Waals surface area contributed by atoms with Gasteiger partial charge in [0.25, 0.3) is 5.91 Å². The zero-order valence-corrected chi connectivity index (χ0v) is 13.5. The number of carbonyl (C=O) groups excluding carboxylic acids is 1. The van der Waals surface area contributed by atoms with Gasteiger partial charge >= 0.3 is 0 Å². The second-order valence-corrected chi connectivity index (χ2v) is 6.61. The van der Waals surface area contributed by atoms with Crippen LogP contribution < -0.4 is 11.1 Å². The molecular formula is C16H22N2O2S. The summed E-state index contributed by atoms with van der Waals surface area (Å²) < 4.78 is 5.69. The van der Waals surface area contributed by atoms with E-state index in [0.29, 0.717) is 18.0 Å². The van der Waals surface area contributed by atoms with Gasteiger partial charge in [0.2, 0.25) is 0 Å². The fraction of sp³-hybridized carbons (Fsp3) is 0.562. The molecule has 2 atom stereocenters. The molecule has 3 N–H and O–H groups in total. The van der Waals surface area contributed by atoms with Gasteiger partial charge in [-0.05, 0) is 24.8 Å². The first-order chi connectivity index (χ1) is 10.0. The maximum atomic E-state index is 12.4. The van der Waals surface area contributed by atoms with Crippen LogP contribution in [0.3, 0.4) is 0 Å². The zero-order chi connectivity index (χ0) is 15.5. The predicted molar refractivity (Wildman–Crippen MR) is 85.3 cm³/mol. The summed E-state index contributed by atoms with van der Waals surface area (Å²) in [5.41, 5.74) is 6.09. The Bertz CT molecular complexity index is 568. The third-order valence-corrected chi connectivity index (χ3v) is 4.96. The second-order valence-electron chi connectivity index (χ2n) is 5.70. The first-order valence-corrected chi connectivity index (χ1v) is 8.07. The van der Waals surface area contributed by atoms with Crippen molar-refractivity contribution in [1.29, 1.82) is 0 Å². The SMILES string of the molecule is CCOC1CC(NC(=O)c2sccc2C#CCN)C1(C)C. The van der Waals surface area contributed by atoms with Crippen molar-refractivity contribution in [2.24, 2.45) is 11.1 Å². The van der Waals surface area contributed by atoms with Crippen molar-refractivity contribution in [2.45, 2.75) is 39.3 Å². The highest BCUT2D eigenvalue weighted by Crippen LogP contribution is 2.42. The van der Waals surface area contributed by atoms with E-state index in [4.69, 9.17) is 10.5 Å². The number of amides is 1. The highest BCUT2D eigenvalue weighted by molar-refractivity contribution is 7.12. The Morgan fingerprint density at radius 1 is 1.62 bits per heavy atom. The number of hydrogen-bond acceptors (Lipinski definition) is 4. The molecule has 1 aliphatic carbocycles. The van der Waals surface area contributed by atoms with E-state index < -0.39 is 0 Å². The molecule has 1 aromatic rings. The summed E-state index contributed by atoms with van der Waals surface area (Å²) in [4.78, 5) is 13.1. The van der Waals surface area contributed by atoms with Crippen LogP contribution in [0.5, 0.6) is 0 Å². The topological polar surface area (TPSA) is 64.3 Å². The summed E-state index contributed by atoms with van der Waals surface area (Å²) in [5, 5.41) is 4.99. The first-order valence-electron chi connectivity index (χ1n) is 7.19. The minimum atomic E-state index is -0.0562. The third-order valence-electron chi connectivity index (χ3n) is 4.05. The minimum Gasteiger partial charge on any atom is -0.378 e. The van der Waals surface area contributed by atoms with Crippen LogP contribution in [-0.4, -0.2) is 31.2 Å². The number of thiophene rings is 1. The monoisotopic (exact) mass is 306 g/mol. The van der Waals surface area contributed by atoms with Crippen LogP contribution in [0.15, 0.2) is 11.4 Å². The Hall–Kier alpha value is -1.35. The maximum absolute atomic E-state index is 12.4. The van der Waals surface area contributed by atoms with Crippen LogP contribution in [0, 0.1) is 17.3 Å². The molecule has 0 bridgehead atoms. The molecule has 1 aliphatic rings. The van der Waals surface area contributed by atoms with Gasteiger partial charge in [0.1, 0.15) is 4.88 Å². The summed E-state index contributed by atoms with van der Waals surface area (Å²) in [6.07, 6.45) is 1.08. The van der Waals surface area contributed by atoms with Crippen LogP contribution in [0.1, 0.15) is 42.4 Å². The molecule has 0 spiro atoms. The van der Waals surface area contributed by atoms with Gasteiger partial charge in [-0.2, -0.15) is 0 Å². The minimum absolute atomic E-state index is 0.0357. The van der Waals surface area contributed by atoms with Gasteiger partial charge in [-0.15, -0.1) is 11.3 Å². The number of carbonyl (C=O) groups is 1. The average Bonchev–Trinajstić information content (AvgIpc) is 2.92. The molecule has 5 heteroatoms. The van der Waals surface area contributed by atoms with E-state index in [-0.39, 0.29) is 23.5 Å². The Morgan fingerprint density at radius 2 is 2.38 bits per heavy atom. The van der Waals surface area contributed by atoms with E-state index in [1.54, 1.807) is 0 Å². The molecule has 21 heavy (non-hydrogen) atoms. The molecule has 1 amide bonds. The normalized spacial score (nSPS) is 22.9. The van der Waals surface area contributed by atoms with Crippen molar-refractivity contribution >= 4 is 17.2 Å². The lowest BCUT2D eigenvalue weighted by atomic mass is 9.64. The van der Waals surface area contributed by atoms with Crippen molar-refractivity contribution < 1.29 is 9.53 Å². The summed E-state index contributed by atoms with van der Waals surface area (Å²) in [5.74, 6) is 5.68. The first kappa shape index (κ1) is 16.0. The summed E-state index contributed by atoms with van der Waals surface area (Å²) in [6, 6.07) is 2.00. The molecule has 114 valence electrons. The quantitative estimate of drug-likeness (QED) is 0.836. The molecule has 1 heterocycles. The van der Waals surface area contributed by atoms with E-state index in [1.807, 2.05) is 18.4 Å². The van der Waals surface area contributed by atoms with E-state index in [2.05, 4.69) is 31.0 Å². The third kappa shape index (κ3) is 3.29. The lowest BCUT2D eigenvalue weighted by Gasteiger charge is -2.51. The molecule has 2 rings (SSSR count). The van der Waals surface area contributed by atoms with Gasteiger partial charge in [-0.1, -0.05) is 25.7 Å². The summed E-state index contributed by atoms with van der Waals surface area (Å²) >= 11 is 1.41. The lowest BCUT2D eigenvalue weighted by Crippen LogP contribution is -2.62. The summed E-state index contributed by atoms with van der Waals surface area (Å²) in [7, 11) is 0. The van der Waals surface area contributed by atoms with E-state index >= 15 is 0 Å².